The first-order chi connectivity index (χ1) is 11.9. The van der Waals surface area contributed by atoms with E-state index >= 15 is 0 Å². The van der Waals surface area contributed by atoms with Gasteiger partial charge in [-0.1, -0.05) is 43.2 Å². The molecule has 3 nitrogen and oxygen atoms in total. The molecule has 1 N–H and O–H groups in total. The van der Waals surface area contributed by atoms with Crippen molar-refractivity contribution in [3.05, 3.63) is 42.0 Å². The molecule has 0 aromatic heterocycles. The highest BCUT2D eigenvalue weighted by Gasteiger charge is 2.32. The molecule has 0 radical (unpaired) electrons. The number of hydrogen-bond acceptors (Lipinski definition) is 3. The molecule has 1 saturated carbocycles. The van der Waals surface area contributed by atoms with Crippen LogP contribution in [0, 0.1) is 5.92 Å². The Labute approximate surface area is 145 Å². The van der Waals surface area contributed by atoms with Gasteiger partial charge in [0.05, 0.1) is 6.61 Å². The molecule has 1 aliphatic heterocycles. The van der Waals surface area contributed by atoms with Crippen molar-refractivity contribution in [1.82, 2.24) is 10.2 Å². The average Bonchev–Trinajstić information content (AvgIpc) is 3.45. The molecule has 1 heterocycles. The van der Waals surface area contributed by atoms with Crippen molar-refractivity contribution >= 4 is 10.8 Å². The maximum Gasteiger partial charge on any atom is 0.124 e. The summed E-state index contributed by atoms with van der Waals surface area (Å²) in [5, 5.41) is 6.19. The summed E-state index contributed by atoms with van der Waals surface area (Å²) >= 11 is 0. The van der Waals surface area contributed by atoms with E-state index in [0.29, 0.717) is 6.04 Å². The van der Waals surface area contributed by atoms with Crippen molar-refractivity contribution in [2.45, 2.75) is 32.2 Å². The standard InChI is InChI=1S/C21H28N2O/c1-2-24-20-10-9-17-5-3-4-6-18(17)21(20)19(15-16-7-8-16)23-13-11-22-12-14-23/h3-6,9-10,16,19,22H,2,7-8,11-15H2,1H3/t19-/m1/s1. The summed E-state index contributed by atoms with van der Waals surface area (Å²) in [5.41, 5.74) is 1.42. The van der Waals surface area contributed by atoms with Crippen LogP contribution in [0.25, 0.3) is 10.8 Å². The van der Waals surface area contributed by atoms with Crippen molar-refractivity contribution in [2.24, 2.45) is 5.92 Å². The summed E-state index contributed by atoms with van der Waals surface area (Å²) in [6.07, 6.45) is 4.07. The zero-order valence-electron chi connectivity index (χ0n) is 14.6. The van der Waals surface area contributed by atoms with Crippen LogP contribution in [0.15, 0.2) is 36.4 Å². The van der Waals surface area contributed by atoms with Crippen LogP contribution in [0.5, 0.6) is 5.75 Å². The maximum atomic E-state index is 6.08. The monoisotopic (exact) mass is 324 g/mol. The van der Waals surface area contributed by atoms with Gasteiger partial charge in [0, 0.05) is 37.8 Å². The Morgan fingerprint density at radius 1 is 1.12 bits per heavy atom. The van der Waals surface area contributed by atoms with Crippen LogP contribution < -0.4 is 10.1 Å². The van der Waals surface area contributed by atoms with Crippen LogP contribution in [-0.4, -0.2) is 37.7 Å². The van der Waals surface area contributed by atoms with Gasteiger partial charge in [-0.25, -0.2) is 0 Å². The van der Waals surface area contributed by atoms with Crippen molar-refractivity contribution < 1.29 is 4.74 Å². The molecule has 2 aromatic rings. The average molecular weight is 324 g/mol. The summed E-state index contributed by atoms with van der Waals surface area (Å²) in [6, 6.07) is 13.7. The van der Waals surface area contributed by atoms with Gasteiger partial charge in [-0.3, -0.25) is 4.90 Å². The van der Waals surface area contributed by atoms with E-state index in [2.05, 4.69) is 53.5 Å². The minimum absolute atomic E-state index is 0.479. The van der Waals surface area contributed by atoms with Gasteiger partial charge >= 0.3 is 0 Å². The van der Waals surface area contributed by atoms with Crippen LogP contribution in [0.1, 0.15) is 37.8 Å². The van der Waals surface area contributed by atoms with E-state index in [1.165, 1.54) is 35.6 Å². The third-order valence-electron chi connectivity index (χ3n) is 5.41. The molecule has 1 atom stereocenters. The first kappa shape index (κ1) is 15.9. The summed E-state index contributed by atoms with van der Waals surface area (Å²) < 4.78 is 6.08. The molecule has 2 aliphatic rings. The lowest BCUT2D eigenvalue weighted by atomic mass is 9.92. The molecule has 0 unspecified atom stereocenters. The molecule has 1 aliphatic carbocycles. The predicted octanol–water partition coefficient (Wildman–Crippen LogP) is 3.98. The van der Waals surface area contributed by atoms with Gasteiger partial charge in [0.1, 0.15) is 5.75 Å². The quantitative estimate of drug-likeness (QED) is 0.870. The number of fused-ring (bicyclic) bond motifs is 1. The smallest absolute Gasteiger partial charge is 0.124 e. The van der Waals surface area contributed by atoms with Gasteiger partial charge in [0.15, 0.2) is 0 Å². The number of rotatable bonds is 6. The fraction of sp³-hybridized carbons (Fsp3) is 0.524. The lowest BCUT2D eigenvalue weighted by molar-refractivity contribution is 0.158. The van der Waals surface area contributed by atoms with Gasteiger partial charge in [-0.05, 0) is 36.1 Å². The summed E-state index contributed by atoms with van der Waals surface area (Å²) in [7, 11) is 0. The number of nitrogens with zero attached hydrogens (tertiary/aromatic N) is 1. The van der Waals surface area contributed by atoms with E-state index in [-0.39, 0.29) is 0 Å². The topological polar surface area (TPSA) is 24.5 Å². The van der Waals surface area contributed by atoms with Gasteiger partial charge in [0.2, 0.25) is 0 Å². The van der Waals surface area contributed by atoms with Crippen LogP contribution in [-0.2, 0) is 0 Å². The number of benzene rings is 2. The predicted molar refractivity (Wildman–Crippen MR) is 99.6 cm³/mol. The fourth-order valence-corrected chi connectivity index (χ4v) is 4.01. The van der Waals surface area contributed by atoms with Gasteiger partial charge < -0.3 is 10.1 Å². The van der Waals surface area contributed by atoms with Crippen molar-refractivity contribution in [3.8, 4) is 5.75 Å². The largest absolute Gasteiger partial charge is 0.494 e. The SMILES string of the molecule is CCOc1ccc2ccccc2c1[C@@H](CC1CC1)N1CCNCC1. The number of hydrogen-bond donors (Lipinski definition) is 1. The number of ether oxygens (including phenoxy) is 1. The third-order valence-corrected chi connectivity index (χ3v) is 5.41. The molecule has 3 heteroatoms. The summed E-state index contributed by atoms with van der Waals surface area (Å²) in [4.78, 5) is 2.68. The van der Waals surface area contributed by atoms with Crippen molar-refractivity contribution in [3.63, 3.8) is 0 Å². The second-order valence-electron chi connectivity index (χ2n) is 7.11. The molecule has 4 rings (SSSR count). The Balaban J connectivity index is 1.80. The Kier molecular flexibility index (Phi) is 4.72. The molecule has 2 aromatic carbocycles. The summed E-state index contributed by atoms with van der Waals surface area (Å²) in [6.45, 7) is 7.26. The van der Waals surface area contributed by atoms with Crippen molar-refractivity contribution in [2.75, 3.05) is 32.8 Å². The van der Waals surface area contributed by atoms with Crippen LogP contribution in [0.2, 0.25) is 0 Å². The minimum Gasteiger partial charge on any atom is -0.494 e. The zero-order chi connectivity index (χ0) is 16.4. The van der Waals surface area contributed by atoms with Crippen molar-refractivity contribution in [1.29, 1.82) is 0 Å². The van der Waals surface area contributed by atoms with Gasteiger partial charge in [-0.2, -0.15) is 0 Å². The summed E-state index contributed by atoms with van der Waals surface area (Å²) in [5.74, 6) is 1.98. The lowest BCUT2D eigenvalue weighted by Crippen LogP contribution is -2.45. The molecule has 1 saturated heterocycles. The van der Waals surface area contributed by atoms with E-state index in [0.717, 1.165) is 44.5 Å². The maximum absolute atomic E-state index is 6.08. The second-order valence-corrected chi connectivity index (χ2v) is 7.11. The number of piperazine rings is 1. The van der Waals surface area contributed by atoms with Gasteiger partial charge in [0.25, 0.3) is 0 Å². The first-order valence-corrected chi connectivity index (χ1v) is 9.46. The molecular weight excluding hydrogens is 296 g/mol. The molecule has 0 amide bonds. The normalized spacial score (nSPS) is 20.2. The van der Waals surface area contributed by atoms with E-state index < -0.39 is 0 Å². The highest BCUT2D eigenvalue weighted by atomic mass is 16.5. The lowest BCUT2D eigenvalue weighted by Gasteiger charge is -2.36. The molecule has 128 valence electrons. The van der Waals surface area contributed by atoms with E-state index in [4.69, 9.17) is 4.74 Å². The first-order valence-electron chi connectivity index (χ1n) is 9.46. The van der Waals surface area contributed by atoms with Crippen LogP contribution >= 0.6 is 0 Å². The number of nitrogens with one attached hydrogen (secondary N) is 1. The third kappa shape index (κ3) is 3.28. The highest BCUT2D eigenvalue weighted by molar-refractivity contribution is 5.88. The van der Waals surface area contributed by atoms with Crippen LogP contribution in [0.3, 0.4) is 0 Å². The van der Waals surface area contributed by atoms with Gasteiger partial charge in [-0.15, -0.1) is 0 Å². The Morgan fingerprint density at radius 3 is 2.67 bits per heavy atom. The minimum atomic E-state index is 0.479. The second kappa shape index (κ2) is 7.12. The molecule has 24 heavy (non-hydrogen) atoms. The van der Waals surface area contributed by atoms with E-state index in [9.17, 15) is 0 Å². The molecule has 0 spiro atoms. The molecule has 0 bridgehead atoms. The van der Waals surface area contributed by atoms with Crippen LogP contribution in [0.4, 0.5) is 0 Å². The fourth-order valence-electron chi connectivity index (χ4n) is 4.01. The zero-order valence-corrected chi connectivity index (χ0v) is 14.6. The Morgan fingerprint density at radius 2 is 1.92 bits per heavy atom. The molecule has 2 fully saturated rings. The Bertz CT molecular complexity index is 689. The Hall–Kier alpha value is -1.58. The van der Waals surface area contributed by atoms with E-state index in [1.54, 1.807) is 0 Å². The van der Waals surface area contributed by atoms with E-state index in [1.807, 2.05) is 0 Å². The highest BCUT2D eigenvalue weighted by Crippen LogP contribution is 2.44. The molecular formula is C21H28N2O.